The summed E-state index contributed by atoms with van der Waals surface area (Å²) < 4.78 is 43.1. The highest BCUT2D eigenvalue weighted by molar-refractivity contribution is 6.03. The van der Waals surface area contributed by atoms with Gasteiger partial charge in [-0.15, -0.1) is 5.10 Å². The van der Waals surface area contributed by atoms with E-state index in [0.29, 0.717) is 16.9 Å². The molecule has 0 unspecified atom stereocenters. The monoisotopic (exact) mass is 387 g/mol. The highest BCUT2D eigenvalue weighted by atomic mass is 19.4. The number of carbonyl (C=O) groups excluding carboxylic acids is 1. The number of rotatable bonds is 5. The maximum Gasteiger partial charge on any atom is 0.451 e. The molecule has 7 nitrogen and oxygen atoms in total. The van der Waals surface area contributed by atoms with E-state index >= 15 is 0 Å². The summed E-state index contributed by atoms with van der Waals surface area (Å²) in [6.45, 7) is 0.116. The molecule has 2 aromatic carbocycles. The summed E-state index contributed by atoms with van der Waals surface area (Å²) in [5, 5.41) is 16.3. The molecule has 0 radical (unpaired) electrons. The zero-order valence-corrected chi connectivity index (χ0v) is 14.1. The normalized spacial score (nSPS) is 10.9. The molecule has 0 aliphatic carbocycles. The Balaban J connectivity index is 1.68. The standard InChI is InChI=1S/C18H12F3N5O2/c19-18(20,21)16-24-17(26-25-16)23-15(27)11-6-3-7-14(8-11)28-10-13-5-2-1-4-12(13)9-22/h1-8H,10H2,(H2,23,24,25,26,27). The first-order valence-electron chi connectivity index (χ1n) is 7.88. The predicted molar refractivity (Wildman–Crippen MR) is 91.3 cm³/mol. The number of ether oxygens (including phenoxy) is 1. The lowest BCUT2D eigenvalue weighted by molar-refractivity contribution is -0.144. The van der Waals surface area contributed by atoms with E-state index in [1.54, 1.807) is 41.5 Å². The van der Waals surface area contributed by atoms with Crippen molar-refractivity contribution in [1.29, 1.82) is 5.26 Å². The highest BCUT2D eigenvalue weighted by Crippen LogP contribution is 2.26. The molecular formula is C18H12F3N5O2. The van der Waals surface area contributed by atoms with Crippen molar-refractivity contribution in [2.45, 2.75) is 12.8 Å². The second kappa shape index (κ2) is 7.79. The van der Waals surface area contributed by atoms with Gasteiger partial charge >= 0.3 is 6.18 Å². The number of anilines is 1. The van der Waals surface area contributed by atoms with Crippen molar-refractivity contribution in [1.82, 2.24) is 15.2 Å². The van der Waals surface area contributed by atoms with Crippen LogP contribution in [-0.4, -0.2) is 21.1 Å². The molecule has 142 valence electrons. The van der Waals surface area contributed by atoms with Crippen LogP contribution in [0.1, 0.15) is 27.3 Å². The van der Waals surface area contributed by atoms with Crippen molar-refractivity contribution in [2.24, 2.45) is 0 Å². The number of amides is 1. The summed E-state index contributed by atoms with van der Waals surface area (Å²) in [5.74, 6) is -2.15. The van der Waals surface area contributed by atoms with Crippen molar-refractivity contribution in [2.75, 3.05) is 5.32 Å². The van der Waals surface area contributed by atoms with Crippen LogP contribution in [0.3, 0.4) is 0 Å². The lowest BCUT2D eigenvalue weighted by Gasteiger charge is -2.09. The van der Waals surface area contributed by atoms with Crippen LogP contribution in [0, 0.1) is 11.3 Å². The molecule has 0 saturated carbocycles. The summed E-state index contributed by atoms with van der Waals surface area (Å²) in [5.41, 5.74) is 1.30. The number of aromatic amines is 1. The number of alkyl halides is 3. The van der Waals surface area contributed by atoms with E-state index in [4.69, 9.17) is 10.00 Å². The van der Waals surface area contributed by atoms with E-state index in [0.717, 1.165) is 0 Å². The van der Waals surface area contributed by atoms with Gasteiger partial charge in [0.15, 0.2) is 0 Å². The van der Waals surface area contributed by atoms with Gasteiger partial charge in [0, 0.05) is 11.1 Å². The van der Waals surface area contributed by atoms with Crippen LogP contribution in [0.4, 0.5) is 19.1 Å². The Morgan fingerprint density at radius 2 is 2.00 bits per heavy atom. The maximum absolute atomic E-state index is 12.5. The van der Waals surface area contributed by atoms with Gasteiger partial charge in [0.2, 0.25) is 11.8 Å². The van der Waals surface area contributed by atoms with Gasteiger partial charge in [0.05, 0.1) is 11.6 Å². The molecule has 1 heterocycles. The maximum atomic E-state index is 12.5. The van der Waals surface area contributed by atoms with E-state index in [1.165, 1.54) is 12.1 Å². The minimum atomic E-state index is -4.69. The number of nitrogens with one attached hydrogen (secondary N) is 2. The minimum absolute atomic E-state index is 0.116. The average molecular weight is 387 g/mol. The molecular weight excluding hydrogens is 375 g/mol. The Hall–Kier alpha value is -3.87. The third-order valence-electron chi connectivity index (χ3n) is 3.61. The van der Waals surface area contributed by atoms with E-state index in [1.807, 2.05) is 0 Å². The van der Waals surface area contributed by atoms with Gasteiger partial charge < -0.3 is 4.74 Å². The fraction of sp³-hybridized carbons (Fsp3) is 0.111. The summed E-state index contributed by atoms with van der Waals surface area (Å²) in [7, 11) is 0. The molecule has 3 aromatic rings. The van der Waals surface area contributed by atoms with Crippen LogP contribution in [0.2, 0.25) is 0 Å². The fourth-order valence-corrected chi connectivity index (χ4v) is 2.26. The summed E-state index contributed by atoms with van der Waals surface area (Å²) >= 11 is 0. The SMILES string of the molecule is N#Cc1ccccc1COc1cccc(C(=O)Nc2n[nH]c(C(F)(F)F)n2)c1. The van der Waals surface area contributed by atoms with Gasteiger partial charge in [-0.1, -0.05) is 24.3 Å². The lowest BCUT2D eigenvalue weighted by Crippen LogP contribution is -2.13. The number of benzene rings is 2. The third kappa shape index (κ3) is 4.45. The second-order valence-electron chi connectivity index (χ2n) is 5.54. The van der Waals surface area contributed by atoms with Crippen LogP contribution >= 0.6 is 0 Å². The van der Waals surface area contributed by atoms with Gasteiger partial charge in [-0.3, -0.25) is 15.2 Å². The molecule has 0 saturated heterocycles. The van der Waals surface area contributed by atoms with Crippen LogP contribution in [0.5, 0.6) is 5.75 Å². The Kier molecular flexibility index (Phi) is 5.26. The number of nitriles is 1. The smallest absolute Gasteiger partial charge is 0.451 e. The zero-order valence-electron chi connectivity index (χ0n) is 14.1. The number of hydrogen-bond acceptors (Lipinski definition) is 5. The average Bonchev–Trinajstić information content (AvgIpc) is 3.16. The molecule has 2 N–H and O–H groups in total. The number of hydrogen-bond donors (Lipinski definition) is 2. The zero-order chi connectivity index (χ0) is 20.1. The largest absolute Gasteiger partial charge is 0.489 e. The second-order valence-corrected chi connectivity index (χ2v) is 5.54. The number of carbonyl (C=O) groups is 1. The van der Waals surface area contributed by atoms with Crippen molar-refractivity contribution in [3.63, 3.8) is 0 Å². The van der Waals surface area contributed by atoms with Crippen LogP contribution in [-0.2, 0) is 12.8 Å². The molecule has 28 heavy (non-hydrogen) atoms. The molecule has 0 bridgehead atoms. The van der Waals surface area contributed by atoms with Crippen LogP contribution in [0.25, 0.3) is 0 Å². The number of aromatic nitrogens is 3. The summed E-state index contributed by atoms with van der Waals surface area (Å²) in [6.07, 6.45) is -4.69. The predicted octanol–water partition coefficient (Wildman–Crippen LogP) is 3.53. The van der Waals surface area contributed by atoms with E-state index in [9.17, 15) is 18.0 Å². The molecule has 10 heteroatoms. The molecule has 3 rings (SSSR count). The molecule has 0 aliphatic heterocycles. The molecule has 0 spiro atoms. The van der Waals surface area contributed by atoms with Crippen molar-refractivity contribution < 1.29 is 22.7 Å². The fourth-order valence-electron chi connectivity index (χ4n) is 2.26. The molecule has 1 amide bonds. The first kappa shape index (κ1) is 18.9. The van der Waals surface area contributed by atoms with Gasteiger partial charge in [-0.05, 0) is 24.3 Å². The number of halogens is 3. The van der Waals surface area contributed by atoms with Crippen molar-refractivity contribution >= 4 is 11.9 Å². The van der Waals surface area contributed by atoms with E-state index in [-0.39, 0.29) is 12.2 Å². The van der Waals surface area contributed by atoms with Gasteiger partial charge in [-0.25, -0.2) is 0 Å². The van der Waals surface area contributed by atoms with Crippen molar-refractivity contribution in [3.05, 3.63) is 71.0 Å². The quantitative estimate of drug-likeness (QED) is 0.697. The number of H-pyrrole nitrogens is 1. The Labute approximate surface area is 156 Å². The van der Waals surface area contributed by atoms with Gasteiger partial charge in [0.25, 0.3) is 5.91 Å². The number of nitrogens with zero attached hydrogens (tertiary/aromatic N) is 3. The Bertz CT molecular complexity index is 1040. The molecule has 0 aliphatic rings. The summed E-state index contributed by atoms with van der Waals surface area (Å²) in [4.78, 5) is 15.4. The topological polar surface area (TPSA) is 104 Å². The van der Waals surface area contributed by atoms with Gasteiger partial charge in [-0.2, -0.15) is 23.4 Å². The van der Waals surface area contributed by atoms with E-state index < -0.39 is 23.9 Å². The highest BCUT2D eigenvalue weighted by Gasteiger charge is 2.35. The summed E-state index contributed by atoms with van der Waals surface area (Å²) in [6, 6.07) is 15.0. The first-order valence-corrected chi connectivity index (χ1v) is 7.88. The third-order valence-corrected chi connectivity index (χ3v) is 3.61. The first-order chi connectivity index (χ1) is 13.4. The molecule has 0 atom stereocenters. The van der Waals surface area contributed by atoms with Crippen LogP contribution in [0.15, 0.2) is 48.5 Å². The lowest BCUT2D eigenvalue weighted by atomic mass is 10.1. The van der Waals surface area contributed by atoms with Crippen molar-refractivity contribution in [3.8, 4) is 11.8 Å². The Morgan fingerprint density at radius 3 is 2.71 bits per heavy atom. The van der Waals surface area contributed by atoms with Gasteiger partial charge in [0.1, 0.15) is 12.4 Å². The van der Waals surface area contributed by atoms with E-state index in [2.05, 4.69) is 21.5 Å². The minimum Gasteiger partial charge on any atom is -0.489 e. The Morgan fingerprint density at radius 1 is 1.21 bits per heavy atom. The molecule has 1 aromatic heterocycles. The molecule has 0 fully saturated rings. The van der Waals surface area contributed by atoms with Crippen LogP contribution < -0.4 is 10.1 Å².